The van der Waals surface area contributed by atoms with Crippen LogP contribution in [0.1, 0.15) is 393 Å². The van der Waals surface area contributed by atoms with Gasteiger partial charge in [-0.2, -0.15) is 0 Å². The lowest BCUT2D eigenvalue weighted by atomic mass is 10.0. The Morgan fingerprint density at radius 1 is 0.393 bits per heavy atom. The van der Waals surface area contributed by atoms with Crippen LogP contribution >= 0.6 is 7.82 Å². The van der Waals surface area contributed by atoms with Crippen LogP contribution in [0.5, 0.6) is 0 Å². The zero-order valence-corrected chi connectivity index (χ0v) is 61.1. The van der Waals surface area contributed by atoms with Gasteiger partial charge in [-0.3, -0.25) is 18.6 Å². The van der Waals surface area contributed by atoms with Gasteiger partial charge < -0.3 is 19.4 Å². The Labute approximate surface area is 554 Å². The summed E-state index contributed by atoms with van der Waals surface area (Å²) in [7, 11) is 1.51. The number of phosphoric acid groups is 1. The molecule has 524 valence electrons. The first-order valence-electron chi connectivity index (χ1n) is 39.0. The molecule has 0 rings (SSSR count). The number of likely N-dealkylation sites (N-methyl/N-ethyl adjacent to an activating group) is 1. The van der Waals surface area contributed by atoms with E-state index in [1.54, 1.807) is 0 Å². The SMILES string of the molecule is CCCCC/C=C\C/C=C\C/C=C\CCCCCCCCCCCCCCCCC(=O)NC(COP(=O)(O)OCC[N+](C)(C)C)C(/C=C/CCCCCCCCCCCCC)OC(=O)CCCCCCCCCCCCCCCCCCCCCCCCC. The number of quaternary nitrogens is 1. The highest BCUT2D eigenvalue weighted by Gasteiger charge is 2.30. The smallest absolute Gasteiger partial charge is 0.456 e. The topological polar surface area (TPSA) is 111 Å². The lowest BCUT2D eigenvalue weighted by Gasteiger charge is -2.27. The molecule has 0 saturated heterocycles. The fraction of sp³-hybridized carbons (Fsp3) is 0.873. The number of carbonyl (C=O) groups is 2. The molecule has 3 unspecified atom stereocenters. The van der Waals surface area contributed by atoms with E-state index in [1.807, 2.05) is 27.2 Å². The molecule has 0 aliphatic carbocycles. The maximum atomic E-state index is 13.7. The molecular weight excluding hydrogens is 1120 g/mol. The number of allylic oxidation sites excluding steroid dienone is 7. The van der Waals surface area contributed by atoms with Gasteiger partial charge in [0.2, 0.25) is 5.91 Å². The van der Waals surface area contributed by atoms with E-state index >= 15 is 0 Å². The zero-order valence-electron chi connectivity index (χ0n) is 60.2. The molecule has 10 heteroatoms. The summed E-state index contributed by atoms with van der Waals surface area (Å²) >= 11 is 0. The molecule has 9 nitrogen and oxygen atoms in total. The summed E-state index contributed by atoms with van der Waals surface area (Å²) in [5.41, 5.74) is 0. The van der Waals surface area contributed by atoms with E-state index < -0.39 is 20.0 Å². The number of amides is 1. The highest BCUT2D eigenvalue weighted by Crippen LogP contribution is 2.43. The van der Waals surface area contributed by atoms with E-state index in [-0.39, 0.29) is 25.1 Å². The maximum Gasteiger partial charge on any atom is 0.472 e. The van der Waals surface area contributed by atoms with Crippen molar-refractivity contribution in [2.75, 3.05) is 40.9 Å². The molecule has 0 aromatic heterocycles. The third-order valence-electron chi connectivity index (χ3n) is 17.8. The molecule has 1 amide bonds. The molecule has 3 atom stereocenters. The molecule has 0 radical (unpaired) electrons. The molecule has 0 bridgehead atoms. The standard InChI is InChI=1S/C79H151N2O7P/c1-7-10-13-16-19-22-25-28-30-32-34-36-38-39-40-41-43-44-46-48-50-53-56-59-62-65-68-71-78(82)80-76(75-87-89(84,85)86-74-73-81(4,5)6)77(70-67-64-61-58-55-52-27-24-21-18-15-12-9-3)88-79(83)72-69-66-63-60-57-54-51-49-47-45-42-37-35-33-31-29-26-23-20-17-14-11-8-2/h19,22,28,30,34,36,67,70,76-77H,7-18,20-21,23-27,29,31-33,35,37-66,68-69,71-75H2,1-6H3,(H-,80,82,84,85)/p+1/b22-19-,30-28-,36-34-,70-67+. The van der Waals surface area contributed by atoms with Crippen molar-refractivity contribution >= 4 is 19.7 Å². The van der Waals surface area contributed by atoms with Crippen LogP contribution in [-0.4, -0.2) is 74.3 Å². The van der Waals surface area contributed by atoms with Crippen molar-refractivity contribution in [1.82, 2.24) is 5.32 Å². The molecule has 0 aromatic carbocycles. The van der Waals surface area contributed by atoms with E-state index in [9.17, 15) is 19.0 Å². The number of hydrogen-bond donors (Lipinski definition) is 2. The molecule has 0 fully saturated rings. The lowest BCUT2D eigenvalue weighted by molar-refractivity contribution is -0.870. The fourth-order valence-corrected chi connectivity index (χ4v) is 12.5. The van der Waals surface area contributed by atoms with Crippen LogP contribution in [0.15, 0.2) is 48.6 Å². The van der Waals surface area contributed by atoms with E-state index in [2.05, 4.69) is 68.6 Å². The number of esters is 1. The maximum absolute atomic E-state index is 13.7. The van der Waals surface area contributed by atoms with Crippen LogP contribution in [0, 0.1) is 0 Å². The molecule has 0 spiro atoms. The van der Waals surface area contributed by atoms with Gasteiger partial charge in [-0.1, -0.05) is 359 Å². The zero-order chi connectivity index (χ0) is 64.9. The van der Waals surface area contributed by atoms with Crippen LogP contribution in [0.25, 0.3) is 0 Å². The molecular formula is C79H152N2O7P+. The predicted octanol–water partition coefficient (Wildman–Crippen LogP) is 25.1. The summed E-state index contributed by atoms with van der Waals surface area (Å²) in [6.45, 7) is 7.06. The summed E-state index contributed by atoms with van der Waals surface area (Å²) in [6.07, 6.45) is 88.5. The van der Waals surface area contributed by atoms with Crippen LogP contribution in [0.4, 0.5) is 0 Å². The highest BCUT2D eigenvalue weighted by atomic mass is 31.2. The normalized spacial score (nSPS) is 13.7. The predicted molar refractivity (Wildman–Crippen MR) is 388 cm³/mol. The van der Waals surface area contributed by atoms with E-state index in [1.165, 1.54) is 289 Å². The second-order valence-corrected chi connectivity index (χ2v) is 29.3. The van der Waals surface area contributed by atoms with Crippen LogP contribution in [0.3, 0.4) is 0 Å². The minimum absolute atomic E-state index is 0.0426. The van der Waals surface area contributed by atoms with Gasteiger partial charge in [0, 0.05) is 12.8 Å². The first-order valence-corrected chi connectivity index (χ1v) is 40.5. The first-order chi connectivity index (χ1) is 43.4. The Morgan fingerprint density at radius 3 is 1.04 bits per heavy atom. The van der Waals surface area contributed by atoms with Gasteiger partial charge in [0.05, 0.1) is 33.8 Å². The summed E-state index contributed by atoms with van der Waals surface area (Å²) < 4.78 is 30.9. The van der Waals surface area contributed by atoms with Crippen LogP contribution < -0.4 is 5.32 Å². The van der Waals surface area contributed by atoms with Gasteiger partial charge in [0.1, 0.15) is 19.3 Å². The average molecular weight is 1270 g/mol. The van der Waals surface area contributed by atoms with Crippen molar-refractivity contribution in [3.8, 4) is 0 Å². The Bertz CT molecular complexity index is 1660. The third-order valence-corrected chi connectivity index (χ3v) is 18.8. The summed E-state index contributed by atoms with van der Waals surface area (Å²) in [5.74, 6) is -0.483. The van der Waals surface area contributed by atoms with E-state index in [4.69, 9.17) is 13.8 Å². The second kappa shape index (κ2) is 68.8. The molecule has 2 N–H and O–H groups in total. The van der Waals surface area contributed by atoms with Gasteiger partial charge in [-0.25, -0.2) is 4.57 Å². The Morgan fingerprint density at radius 2 is 0.685 bits per heavy atom. The van der Waals surface area contributed by atoms with E-state index in [0.717, 1.165) is 70.6 Å². The number of hydrogen-bond acceptors (Lipinski definition) is 6. The van der Waals surface area contributed by atoms with Crippen molar-refractivity contribution in [2.24, 2.45) is 0 Å². The number of nitrogens with zero attached hydrogens (tertiary/aromatic N) is 1. The quantitative estimate of drug-likeness (QED) is 0.0205. The average Bonchev–Trinajstić information content (AvgIpc) is 3.65. The van der Waals surface area contributed by atoms with Gasteiger partial charge in [-0.05, 0) is 70.3 Å². The Hall–Kier alpha value is -2.03. The molecule has 0 heterocycles. The van der Waals surface area contributed by atoms with Crippen molar-refractivity contribution in [3.63, 3.8) is 0 Å². The van der Waals surface area contributed by atoms with Crippen LogP contribution in [-0.2, 0) is 27.9 Å². The van der Waals surface area contributed by atoms with Crippen molar-refractivity contribution in [1.29, 1.82) is 0 Å². The molecule has 0 saturated carbocycles. The molecule has 0 aliphatic heterocycles. The number of nitrogens with one attached hydrogen (secondary N) is 1. The summed E-state index contributed by atoms with van der Waals surface area (Å²) in [5, 5.41) is 3.09. The summed E-state index contributed by atoms with van der Waals surface area (Å²) in [4.78, 5) is 38.0. The lowest BCUT2D eigenvalue weighted by Crippen LogP contribution is -2.47. The van der Waals surface area contributed by atoms with Crippen molar-refractivity contribution in [2.45, 2.75) is 405 Å². The van der Waals surface area contributed by atoms with Gasteiger partial charge in [0.25, 0.3) is 0 Å². The number of carbonyl (C=O) groups excluding carboxylic acids is 2. The number of ether oxygens (including phenoxy) is 1. The highest BCUT2D eigenvalue weighted by molar-refractivity contribution is 7.47. The minimum atomic E-state index is -4.46. The summed E-state index contributed by atoms with van der Waals surface area (Å²) in [6, 6.07) is -0.847. The van der Waals surface area contributed by atoms with Crippen molar-refractivity contribution in [3.05, 3.63) is 48.6 Å². The molecule has 0 aliphatic rings. The monoisotopic (exact) mass is 1270 g/mol. The van der Waals surface area contributed by atoms with Gasteiger partial charge in [0.15, 0.2) is 0 Å². The first kappa shape index (κ1) is 87.0. The molecule has 0 aromatic rings. The Kier molecular flexibility index (Phi) is 67.2. The third kappa shape index (κ3) is 70.1. The number of rotatable bonds is 72. The number of unbranched alkanes of at least 4 members (excludes halogenated alkanes) is 50. The minimum Gasteiger partial charge on any atom is -0.456 e. The fourth-order valence-electron chi connectivity index (χ4n) is 11.8. The van der Waals surface area contributed by atoms with Crippen LogP contribution in [0.2, 0.25) is 0 Å². The number of phosphoric ester groups is 1. The molecule has 89 heavy (non-hydrogen) atoms. The van der Waals surface area contributed by atoms with Gasteiger partial charge in [-0.15, -0.1) is 0 Å². The second-order valence-electron chi connectivity index (χ2n) is 27.9. The van der Waals surface area contributed by atoms with Crippen molar-refractivity contribution < 1.29 is 37.3 Å². The van der Waals surface area contributed by atoms with Gasteiger partial charge >= 0.3 is 13.8 Å². The van der Waals surface area contributed by atoms with E-state index in [0.29, 0.717) is 23.9 Å². The Balaban J connectivity index is 4.97. The largest absolute Gasteiger partial charge is 0.472 e.